The normalized spacial score (nSPS) is 12.2. The van der Waals surface area contributed by atoms with E-state index in [0.717, 1.165) is 27.3 Å². The van der Waals surface area contributed by atoms with Crippen molar-refractivity contribution in [1.29, 1.82) is 0 Å². The monoisotopic (exact) mass is 376 g/mol. The molecular formula is C14H25BrO3Si2. The highest BCUT2D eigenvalue weighted by atomic mass is 79.9. The third-order valence-corrected chi connectivity index (χ3v) is 4.99. The summed E-state index contributed by atoms with van der Waals surface area (Å²) in [6.45, 7) is 15.0. The van der Waals surface area contributed by atoms with Crippen LogP contribution in [0.4, 0.5) is 0 Å². The number of benzene rings is 1. The molecule has 0 saturated carbocycles. The van der Waals surface area contributed by atoms with Crippen LogP contribution >= 0.6 is 15.9 Å². The summed E-state index contributed by atoms with van der Waals surface area (Å²) >= 11 is 3.58. The first-order valence-electron chi connectivity index (χ1n) is 6.70. The van der Waals surface area contributed by atoms with E-state index in [-0.39, 0.29) is 0 Å². The molecule has 1 rings (SSSR count). The zero-order chi connectivity index (χ0) is 15.7. The number of aryl methyl sites for hydroxylation is 1. The molecule has 0 fully saturated rings. The minimum Gasteiger partial charge on any atom is -0.542 e. The molecule has 0 heterocycles. The van der Waals surface area contributed by atoms with E-state index in [1.54, 1.807) is 7.11 Å². The van der Waals surface area contributed by atoms with Gasteiger partial charge >= 0.3 is 0 Å². The van der Waals surface area contributed by atoms with Crippen LogP contribution in [0, 0.1) is 6.92 Å². The van der Waals surface area contributed by atoms with E-state index in [2.05, 4.69) is 55.2 Å². The number of halogens is 1. The predicted octanol–water partition coefficient (Wildman–Crippen LogP) is 5.19. The fourth-order valence-electron chi connectivity index (χ4n) is 1.71. The summed E-state index contributed by atoms with van der Waals surface area (Å²) in [5, 5.41) is 0. The minimum atomic E-state index is -1.76. The van der Waals surface area contributed by atoms with Crippen molar-refractivity contribution in [2.75, 3.05) is 7.11 Å². The average molecular weight is 377 g/mol. The summed E-state index contributed by atoms with van der Waals surface area (Å²) in [6, 6.07) is 2.03. The molecule has 0 aliphatic rings. The van der Waals surface area contributed by atoms with Gasteiger partial charge in [0.15, 0.2) is 11.5 Å². The van der Waals surface area contributed by atoms with Crippen molar-refractivity contribution in [3.05, 3.63) is 16.1 Å². The zero-order valence-electron chi connectivity index (χ0n) is 13.7. The van der Waals surface area contributed by atoms with E-state index in [9.17, 15) is 0 Å². The second kappa shape index (κ2) is 6.11. The Morgan fingerprint density at radius 1 is 0.900 bits per heavy atom. The SMILES string of the molecule is COc1c(Br)c(C)cc(O[Si](C)(C)C)c1O[Si](C)(C)C. The van der Waals surface area contributed by atoms with Gasteiger partial charge in [-0.15, -0.1) is 0 Å². The van der Waals surface area contributed by atoms with Crippen molar-refractivity contribution in [3.63, 3.8) is 0 Å². The summed E-state index contributed by atoms with van der Waals surface area (Å²) in [5.41, 5.74) is 1.08. The molecule has 0 aliphatic carbocycles. The van der Waals surface area contributed by atoms with Gasteiger partial charge in [-0.2, -0.15) is 0 Å². The van der Waals surface area contributed by atoms with Gasteiger partial charge < -0.3 is 13.6 Å². The molecule has 1 aromatic carbocycles. The molecule has 1 aromatic rings. The number of hydrogen-bond donors (Lipinski definition) is 0. The summed E-state index contributed by atoms with van der Waals surface area (Å²) in [6.07, 6.45) is 0. The Morgan fingerprint density at radius 3 is 1.80 bits per heavy atom. The van der Waals surface area contributed by atoms with Gasteiger partial charge in [-0.25, -0.2) is 0 Å². The molecule has 6 heteroatoms. The number of hydrogen-bond acceptors (Lipinski definition) is 3. The maximum Gasteiger partial charge on any atom is 0.242 e. The van der Waals surface area contributed by atoms with E-state index in [1.165, 1.54) is 0 Å². The minimum absolute atomic E-state index is 0.723. The van der Waals surface area contributed by atoms with E-state index >= 15 is 0 Å². The standard InChI is InChI=1S/C14H25BrO3Si2/c1-10-9-11(17-19(3,4)5)13(18-20(6,7)8)14(16-2)12(10)15/h9H,1-8H3. The Labute approximate surface area is 133 Å². The molecule has 0 N–H and O–H groups in total. The molecule has 0 aromatic heterocycles. The fraction of sp³-hybridized carbons (Fsp3) is 0.571. The molecule has 0 bridgehead atoms. The van der Waals surface area contributed by atoms with Crippen LogP contribution in [0.5, 0.6) is 17.2 Å². The summed E-state index contributed by atoms with van der Waals surface area (Å²) in [4.78, 5) is 0. The average Bonchev–Trinajstić information content (AvgIpc) is 2.22. The second-order valence-electron chi connectivity index (χ2n) is 6.80. The molecule has 0 spiro atoms. The molecule has 0 aliphatic heterocycles. The molecule has 0 amide bonds. The first kappa shape index (κ1) is 17.6. The van der Waals surface area contributed by atoms with E-state index in [0.29, 0.717) is 0 Å². The summed E-state index contributed by atoms with van der Waals surface area (Å²) in [5.74, 6) is 2.25. The Morgan fingerprint density at radius 2 is 1.40 bits per heavy atom. The Bertz CT molecular complexity index is 491. The van der Waals surface area contributed by atoms with Gasteiger partial charge in [0.1, 0.15) is 5.75 Å². The van der Waals surface area contributed by atoms with Crippen molar-refractivity contribution in [1.82, 2.24) is 0 Å². The van der Waals surface area contributed by atoms with Crippen molar-refractivity contribution >= 4 is 32.6 Å². The van der Waals surface area contributed by atoms with Gasteiger partial charge in [0.2, 0.25) is 16.6 Å². The van der Waals surface area contributed by atoms with Gasteiger partial charge in [0.05, 0.1) is 11.6 Å². The van der Waals surface area contributed by atoms with Crippen LogP contribution < -0.4 is 13.6 Å². The van der Waals surface area contributed by atoms with Crippen molar-refractivity contribution in [2.45, 2.75) is 46.2 Å². The second-order valence-corrected chi connectivity index (χ2v) is 16.4. The molecule has 0 radical (unpaired) electrons. The van der Waals surface area contributed by atoms with E-state index < -0.39 is 16.6 Å². The third kappa shape index (κ3) is 4.82. The van der Waals surface area contributed by atoms with Gasteiger partial charge in [0.25, 0.3) is 0 Å². The lowest BCUT2D eigenvalue weighted by Crippen LogP contribution is -2.32. The van der Waals surface area contributed by atoms with Crippen LogP contribution in [0.25, 0.3) is 0 Å². The van der Waals surface area contributed by atoms with Crippen molar-refractivity contribution in [2.24, 2.45) is 0 Å². The Hall–Kier alpha value is -0.466. The zero-order valence-corrected chi connectivity index (χ0v) is 17.3. The first-order valence-corrected chi connectivity index (χ1v) is 14.3. The molecule has 0 unspecified atom stereocenters. The van der Waals surface area contributed by atoms with Gasteiger partial charge in [-0.1, -0.05) is 0 Å². The van der Waals surface area contributed by atoms with Crippen LogP contribution in [0.3, 0.4) is 0 Å². The molecule has 0 saturated heterocycles. The van der Waals surface area contributed by atoms with Crippen LogP contribution in [0.2, 0.25) is 39.3 Å². The van der Waals surface area contributed by atoms with Gasteiger partial charge in [-0.05, 0) is 73.8 Å². The highest BCUT2D eigenvalue weighted by Gasteiger charge is 2.27. The van der Waals surface area contributed by atoms with Crippen molar-refractivity contribution < 1.29 is 13.6 Å². The highest BCUT2D eigenvalue weighted by Crippen LogP contribution is 2.46. The topological polar surface area (TPSA) is 27.7 Å². The lowest BCUT2D eigenvalue weighted by Gasteiger charge is -2.28. The molecule has 20 heavy (non-hydrogen) atoms. The summed E-state index contributed by atoms with van der Waals surface area (Å²) < 4.78 is 18.9. The number of rotatable bonds is 5. The summed E-state index contributed by atoms with van der Waals surface area (Å²) in [7, 11) is -1.81. The van der Waals surface area contributed by atoms with Crippen LogP contribution in [-0.4, -0.2) is 23.7 Å². The molecular weight excluding hydrogens is 352 g/mol. The highest BCUT2D eigenvalue weighted by molar-refractivity contribution is 9.10. The van der Waals surface area contributed by atoms with Crippen LogP contribution in [0.1, 0.15) is 5.56 Å². The maximum absolute atomic E-state index is 6.22. The van der Waals surface area contributed by atoms with Gasteiger partial charge in [-0.3, -0.25) is 0 Å². The predicted molar refractivity (Wildman–Crippen MR) is 93.4 cm³/mol. The van der Waals surface area contributed by atoms with Crippen LogP contribution in [0.15, 0.2) is 10.5 Å². The first-order chi connectivity index (χ1) is 8.94. The third-order valence-electron chi connectivity index (χ3n) is 2.35. The molecule has 0 atom stereocenters. The largest absolute Gasteiger partial charge is 0.542 e. The lowest BCUT2D eigenvalue weighted by atomic mass is 10.2. The lowest BCUT2D eigenvalue weighted by molar-refractivity contribution is 0.380. The smallest absolute Gasteiger partial charge is 0.242 e. The molecule has 114 valence electrons. The van der Waals surface area contributed by atoms with Crippen molar-refractivity contribution in [3.8, 4) is 17.2 Å². The Balaban J connectivity index is 3.44. The van der Waals surface area contributed by atoms with E-state index in [1.807, 2.05) is 13.0 Å². The van der Waals surface area contributed by atoms with Crippen LogP contribution in [-0.2, 0) is 0 Å². The molecule has 3 nitrogen and oxygen atoms in total. The fourth-order valence-corrected chi connectivity index (χ4v) is 3.78. The quantitative estimate of drug-likeness (QED) is 0.661. The van der Waals surface area contributed by atoms with Gasteiger partial charge in [0, 0.05) is 0 Å². The maximum atomic E-state index is 6.22. The number of ether oxygens (including phenoxy) is 1. The Kier molecular flexibility index (Phi) is 5.37. The number of methoxy groups -OCH3 is 1. The van der Waals surface area contributed by atoms with E-state index in [4.69, 9.17) is 13.6 Å².